The lowest BCUT2D eigenvalue weighted by molar-refractivity contribution is 0.0601. The molecule has 7 heteroatoms. The predicted octanol–water partition coefficient (Wildman–Crippen LogP) is 2.81. The molecule has 0 amide bonds. The number of esters is 1. The number of likely N-dealkylation sites (N-methyl/N-ethyl adjacent to an activating group) is 1. The Morgan fingerprint density at radius 2 is 2.07 bits per heavy atom. The van der Waals surface area contributed by atoms with Gasteiger partial charge in [-0.1, -0.05) is 12.1 Å². The maximum Gasteiger partial charge on any atom is 0.339 e. The molecule has 0 aliphatic carbocycles. The van der Waals surface area contributed by atoms with Gasteiger partial charge in [0, 0.05) is 12.1 Å². The molecule has 0 bridgehead atoms. The lowest BCUT2D eigenvalue weighted by atomic mass is 9.94. The molecule has 27 heavy (non-hydrogen) atoms. The maximum absolute atomic E-state index is 12.1. The van der Waals surface area contributed by atoms with Crippen LogP contribution in [0.2, 0.25) is 0 Å². The van der Waals surface area contributed by atoms with Crippen LogP contribution in [0.3, 0.4) is 0 Å². The van der Waals surface area contributed by atoms with Crippen LogP contribution in [0.5, 0.6) is 17.2 Å². The quantitative estimate of drug-likeness (QED) is 0.830. The van der Waals surface area contributed by atoms with E-state index < -0.39 is 0 Å². The van der Waals surface area contributed by atoms with Crippen LogP contribution in [0.4, 0.5) is 5.69 Å². The van der Waals surface area contributed by atoms with Gasteiger partial charge < -0.3 is 24.3 Å². The molecule has 2 aliphatic heterocycles. The molecule has 0 saturated carbocycles. The summed E-state index contributed by atoms with van der Waals surface area (Å²) in [7, 11) is 5.04. The van der Waals surface area contributed by atoms with Gasteiger partial charge in [0.05, 0.1) is 25.5 Å². The number of para-hydroxylation sites is 1. The maximum atomic E-state index is 12.1. The van der Waals surface area contributed by atoms with Gasteiger partial charge in [-0.05, 0) is 37.2 Å². The zero-order chi connectivity index (χ0) is 19.0. The molecule has 2 aliphatic rings. The summed E-state index contributed by atoms with van der Waals surface area (Å²) in [5.41, 5.74) is 3.33. The van der Waals surface area contributed by atoms with Crippen LogP contribution in [0, 0.1) is 0 Å². The Balaban J connectivity index is 1.79. The van der Waals surface area contributed by atoms with Crippen molar-refractivity contribution in [2.24, 2.45) is 0 Å². The first-order valence-corrected chi connectivity index (χ1v) is 8.77. The van der Waals surface area contributed by atoms with Crippen molar-refractivity contribution in [3.05, 3.63) is 47.0 Å². The summed E-state index contributed by atoms with van der Waals surface area (Å²) in [6.07, 6.45) is 0.680. The van der Waals surface area contributed by atoms with Crippen molar-refractivity contribution in [2.75, 3.05) is 39.9 Å². The largest absolute Gasteiger partial charge is 0.492 e. The highest BCUT2D eigenvalue weighted by molar-refractivity contribution is 5.95. The summed E-state index contributed by atoms with van der Waals surface area (Å²) in [5.74, 6) is 1.62. The number of anilines is 1. The van der Waals surface area contributed by atoms with Crippen LogP contribution < -0.4 is 19.5 Å². The minimum atomic E-state index is -0.380. The van der Waals surface area contributed by atoms with Crippen LogP contribution >= 0.6 is 0 Å². The number of benzene rings is 2. The van der Waals surface area contributed by atoms with E-state index in [1.54, 1.807) is 13.2 Å². The van der Waals surface area contributed by atoms with Crippen LogP contribution in [0.15, 0.2) is 30.3 Å². The number of rotatable bonds is 4. The summed E-state index contributed by atoms with van der Waals surface area (Å²) >= 11 is 0. The number of ether oxygens (including phenoxy) is 4. The first kappa shape index (κ1) is 17.5. The Morgan fingerprint density at radius 3 is 2.85 bits per heavy atom. The number of nitrogens with zero attached hydrogens (tertiary/aromatic N) is 1. The van der Waals surface area contributed by atoms with Gasteiger partial charge in [0.1, 0.15) is 6.17 Å². The standard InChI is InChI=1S/C20H22N2O5/c1-22-9-8-12-10-15-17(27-11-26-15)18(24-2)16(12)19(22)21-14-7-5-4-6-13(14)20(23)25-3/h4-7,10,19,21H,8-9,11H2,1-3H3/t19-/m0/s1. The summed E-state index contributed by atoms with van der Waals surface area (Å²) in [5, 5.41) is 3.49. The van der Waals surface area contributed by atoms with E-state index in [-0.39, 0.29) is 18.9 Å². The SMILES string of the molecule is COC(=O)c1ccccc1N[C@@H]1c2c(cc3c(c2OC)OCO3)CCN1C. The van der Waals surface area contributed by atoms with Gasteiger partial charge >= 0.3 is 5.97 Å². The zero-order valence-corrected chi connectivity index (χ0v) is 15.6. The molecule has 0 saturated heterocycles. The average Bonchev–Trinajstić information content (AvgIpc) is 3.16. The lowest BCUT2D eigenvalue weighted by Crippen LogP contribution is -2.37. The van der Waals surface area contributed by atoms with E-state index in [2.05, 4.69) is 10.2 Å². The summed E-state index contributed by atoms with van der Waals surface area (Å²) in [4.78, 5) is 14.3. The zero-order valence-electron chi connectivity index (χ0n) is 15.6. The minimum Gasteiger partial charge on any atom is -0.492 e. The number of carbonyl (C=O) groups excluding carboxylic acids is 1. The molecule has 2 aromatic carbocycles. The van der Waals surface area contributed by atoms with Crippen molar-refractivity contribution in [3.8, 4) is 17.2 Å². The Labute approximate surface area is 157 Å². The van der Waals surface area contributed by atoms with Crippen molar-refractivity contribution in [2.45, 2.75) is 12.6 Å². The van der Waals surface area contributed by atoms with Gasteiger partial charge in [-0.3, -0.25) is 4.90 Å². The number of hydrogen-bond donors (Lipinski definition) is 1. The Hall–Kier alpha value is -2.93. The van der Waals surface area contributed by atoms with Crippen molar-refractivity contribution in [1.82, 2.24) is 4.90 Å². The highest BCUT2D eigenvalue weighted by Crippen LogP contribution is 2.49. The Bertz CT molecular complexity index is 883. The van der Waals surface area contributed by atoms with Crippen LogP contribution in [-0.2, 0) is 11.2 Å². The molecular weight excluding hydrogens is 348 g/mol. The highest BCUT2D eigenvalue weighted by Gasteiger charge is 2.34. The summed E-state index contributed by atoms with van der Waals surface area (Å²) < 4.78 is 21.8. The first-order chi connectivity index (χ1) is 13.1. The third-order valence-corrected chi connectivity index (χ3v) is 5.02. The fourth-order valence-corrected chi connectivity index (χ4v) is 3.66. The molecule has 0 spiro atoms. The second kappa shape index (κ2) is 7.00. The van der Waals surface area contributed by atoms with Crippen molar-refractivity contribution in [1.29, 1.82) is 0 Å². The van der Waals surface area contributed by atoms with Gasteiger partial charge in [-0.2, -0.15) is 0 Å². The number of carbonyl (C=O) groups is 1. The smallest absolute Gasteiger partial charge is 0.339 e. The van der Waals surface area contributed by atoms with E-state index in [1.165, 1.54) is 7.11 Å². The second-order valence-electron chi connectivity index (χ2n) is 6.53. The molecule has 0 unspecified atom stereocenters. The molecule has 0 radical (unpaired) electrons. The van der Waals surface area contributed by atoms with E-state index in [0.717, 1.165) is 24.1 Å². The third kappa shape index (κ3) is 2.94. The van der Waals surface area contributed by atoms with Crippen molar-refractivity contribution < 1.29 is 23.7 Å². The van der Waals surface area contributed by atoms with E-state index in [0.29, 0.717) is 28.5 Å². The van der Waals surface area contributed by atoms with Gasteiger partial charge in [0.15, 0.2) is 11.5 Å². The Morgan fingerprint density at radius 1 is 1.26 bits per heavy atom. The summed E-state index contributed by atoms with van der Waals surface area (Å²) in [6, 6.07) is 9.33. The van der Waals surface area contributed by atoms with Crippen molar-refractivity contribution >= 4 is 11.7 Å². The van der Waals surface area contributed by atoms with E-state index in [9.17, 15) is 4.79 Å². The summed E-state index contributed by atoms with van der Waals surface area (Å²) in [6.45, 7) is 1.04. The normalized spacial score (nSPS) is 18.0. The second-order valence-corrected chi connectivity index (χ2v) is 6.53. The Kier molecular flexibility index (Phi) is 4.53. The topological polar surface area (TPSA) is 69.3 Å². The van der Waals surface area contributed by atoms with E-state index >= 15 is 0 Å². The first-order valence-electron chi connectivity index (χ1n) is 8.77. The van der Waals surface area contributed by atoms with E-state index in [4.69, 9.17) is 18.9 Å². The predicted molar refractivity (Wildman–Crippen MR) is 99.6 cm³/mol. The molecule has 2 aromatic rings. The molecule has 2 heterocycles. The van der Waals surface area contributed by atoms with Crippen LogP contribution in [0.25, 0.3) is 0 Å². The average molecular weight is 370 g/mol. The third-order valence-electron chi connectivity index (χ3n) is 5.02. The molecule has 0 fully saturated rings. The van der Waals surface area contributed by atoms with Crippen LogP contribution in [-0.4, -0.2) is 45.5 Å². The van der Waals surface area contributed by atoms with Gasteiger partial charge in [-0.15, -0.1) is 0 Å². The number of hydrogen-bond acceptors (Lipinski definition) is 7. The van der Waals surface area contributed by atoms with E-state index in [1.807, 2.05) is 31.3 Å². The number of fused-ring (bicyclic) bond motifs is 2. The molecule has 1 N–H and O–H groups in total. The lowest BCUT2D eigenvalue weighted by Gasteiger charge is -2.37. The van der Waals surface area contributed by atoms with Crippen molar-refractivity contribution in [3.63, 3.8) is 0 Å². The van der Waals surface area contributed by atoms with Gasteiger partial charge in [0.2, 0.25) is 12.5 Å². The van der Waals surface area contributed by atoms with Crippen LogP contribution in [0.1, 0.15) is 27.7 Å². The molecular formula is C20H22N2O5. The number of methoxy groups -OCH3 is 2. The molecule has 4 rings (SSSR count). The number of nitrogens with one attached hydrogen (secondary N) is 1. The molecule has 7 nitrogen and oxygen atoms in total. The minimum absolute atomic E-state index is 0.188. The fraction of sp³-hybridized carbons (Fsp3) is 0.350. The molecule has 142 valence electrons. The highest BCUT2D eigenvalue weighted by atomic mass is 16.7. The molecule has 0 aromatic heterocycles. The fourth-order valence-electron chi connectivity index (χ4n) is 3.66. The molecule has 1 atom stereocenters. The van der Waals surface area contributed by atoms with Gasteiger partial charge in [0.25, 0.3) is 0 Å². The monoisotopic (exact) mass is 370 g/mol. The van der Waals surface area contributed by atoms with Gasteiger partial charge in [-0.25, -0.2) is 4.79 Å².